The first-order valence-electron chi connectivity index (χ1n) is 14.1. The minimum absolute atomic E-state index is 0.0294. The van der Waals surface area contributed by atoms with Gasteiger partial charge in [0, 0.05) is 16.5 Å². The fourth-order valence-corrected chi connectivity index (χ4v) is 7.00. The number of benzene rings is 3. The monoisotopic (exact) mass is 570 g/mol. The molecule has 3 aromatic rings. The Balaban J connectivity index is 1.29. The number of nitrogens with one attached hydrogen (secondary N) is 1. The van der Waals surface area contributed by atoms with Crippen molar-refractivity contribution in [2.45, 2.75) is 39.5 Å². The number of allylic oxidation sites excluding steroid dienone is 5. The maximum atomic E-state index is 13.5. The zero-order chi connectivity index (χ0) is 30.8. The summed E-state index contributed by atoms with van der Waals surface area (Å²) in [5, 5.41) is 2.20. The topological polar surface area (TPSA) is 101 Å². The molecule has 0 bridgehead atoms. The molecule has 3 aliphatic rings. The number of hydrogen-bond donors (Lipinski definition) is 1. The van der Waals surface area contributed by atoms with Crippen LogP contribution in [-0.2, 0) is 5.41 Å². The minimum Gasteiger partial charge on any atom is -0.289 e. The number of ketones is 1. The van der Waals surface area contributed by atoms with Gasteiger partial charge in [0.05, 0.1) is 27.9 Å². The molecule has 3 aromatic carbocycles. The quantitative estimate of drug-likeness (QED) is 0.285. The average molecular weight is 571 g/mol. The van der Waals surface area contributed by atoms with Crippen molar-refractivity contribution < 1.29 is 24.0 Å². The number of hydrogen-bond acceptors (Lipinski definition) is 5. The van der Waals surface area contributed by atoms with E-state index < -0.39 is 29.4 Å². The summed E-state index contributed by atoms with van der Waals surface area (Å²) < 4.78 is 0. The Morgan fingerprint density at radius 2 is 1.37 bits per heavy atom. The summed E-state index contributed by atoms with van der Waals surface area (Å²) in [6.45, 7) is 12.7. The van der Waals surface area contributed by atoms with E-state index in [-0.39, 0.29) is 44.2 Å². The Morgan fingerprint density at radius 1 is 0.791 bits per heavy atom. The molecule has 7 heteroatoms. The summed E-state index contributed by atoms with van der Waals surface area (Å²) in [7, 11) is 0. The largest absolute Gasteiger partial charge is 0.289 e. The van der Waals surface area contributed by atoms with Gasteiger partial charge in [0.25, 0.3) is 23.6 Å². The highest BCUT2D eigenvalue weighted by Crippen LogP contribution is 2.57. The molecule has 1 saturated carbocycles. The van der Waals surface area contributed by atoms with E-state index in [1.54, 1.807) is 12.1 Å². The van der Waals surface area contributed by atoms with Gasteiger partial charge in [0.15, 0.2) is 5.78 Å². The molecule has 6 rings (SSSR count). The summed E-state index contributed by atoms with van der Waals surface area (Å²) >= 11 is 0. The van der Waals surface area contributed by atoms with Crippen LogP contribution in [0.5, 0.6) is 0 Å². The van der Waals surface area contributed by atoms with Gasteiger partial charge in [-0.25, -0.2) is 4.90 Å². The third-order valence-electron chi connectivity index (χ3n) is 8.89. The van der Waals surface area contributed by atoms with Crippen LogP contribution in [0.2, 0.25) is 0 Å². The van der Waals surface area contributed by atoms with Crippen LogP contribution < -0.4 is 10.2 Å². The Hall–Kier alpha value is -5.17. The Morgan fingerprint density at radius 3 is 2.00 bits per heavy atom. The molecule has 7 nitrogen and oxygen atoms in total. The van der Waals surface area contributed by atoms with Crippen molar-refractivity contribution in [2.24, 2.45) is 5.41 Å². The van der Waals surface area contributed by atoms with Crippen molar-refractivity contribution in [2.75, 3.05) is 4.90 Å². The summed E-state index contributed by atoms with van der Waals surface area (Å²) in [6.07, 6.45) is 6.94. The Kier molecular flexibility index (Phi) is 6.31. The van der Waals surface area contributed by atoms with Gasteiger partial charge in [-0.1, -0.05) is 69.8 Å². The van der Waals surface area contributed by atoms with E-state index >= 15 is 0 Å². The second-order valence-electron chi connectivity index (χ2n) is 12.0. The van der Waals surface area contributed by atoms with E-state index in [9.17, 15) is 24.0 Å². The van der Waals surface area contributed by atoms with Crippen LogP contribution in [0.3, 0.4) is 0 Å². The molecule has 4 amide bonds. The molecule has 2 heterocycles. The molecule has 1 N–H and O–H groups in total. The molecule has 2 aliphatic heterocycles. The zero-order valence-electron chi connectivity index (χ0n) is 24.4. The van der Waals surface area contributed by atoms with Gasteiger partial charge >= 0.3 is 0 Å². The maximum absolute atomic E-state index is 13.5. The van der Waals surface area contributed by atoms with Crippen LogP contribution in [0, 0.1) is 5.41 Å². The van der Waals surface area contributed by atoms with Gasteiger partial charge in [0.1, 0.15) is 0 Å². The van der Waals surface area contributed by atoms with E-state index in [0.717, 1.165) is 16.9 Å². The smallest absolute Gasteiger partial charge is 0.266 e. The lowest BCUT2D eigenvalue weighted by molar-refractivity contribution is 0.0874. The van der Waals surface area contributed by atoms with Crippen LogP contribution in [0.25, 0.3) is 0 Å². The minimum atomic E-state index is -0.563. The number of rotatable bonds is 5. The first-order valence-corrected chi connectivity index (χ1v) is 14.1. The number of fused-ring (bicyclic) bond motifs is 2. The van der Waals surface area contributed by atoms with E-state index in [4.69, 9.17) is 0 Å². The first kappa shape index (κ1) is 28.0. The van der Waals surface area contributed by atoms with Crippen LogP contribution in [0.15, 0.2) is 96.6 Å². The zero-order valence-corrected chi connectivity index (χ0v) is 24.4. The molecule has 43 heavy (non-hydrogen) atoms. The SMILES string of the molecule is C=C/C=C1\C(=C/C)C(C)(C)CC1(C)c1ccc(N2C(=O)c3ccc(C(=O)c4ccc5c(c4)C(=O)NC5=O)cc3C2=O)cc1. The number of anilines is 1. The Labute approximate surface area is 249 Å². The molecule has 1 aliphatic carbocycles. The maximum Gasteiger partial charge on any atom is 0.266 e. The average Bonchev–Trinajstić information content (AvgIpc) is 3.50. The van der Waals surface area contributed by atoms with Gasteiger partial charge in [-0.3, -0.25) is 29.3 Å². The predicted octanol–water partition coefficient (Wildman–Crippen LogP) is 6.35. The third kappa shape index (κ3) is 4.14. The third-order valence-corrected chi connectivity index (χ3v) is 8.89. The van der Waals surface area contributed by atoms with E-state index in [0.29, 0.717) is 5.69 Å². The van der Waals surface area contributed by atoms with Crippen LogP contribution >= 0.6 is 0 Å². The van der Waals surface area contributed by atoms with Gasteiger partial charge < -0.3 is 0 Å². The van der Waals surface area contributed by atoms with E-state index in [1.165, 1.54) is 47.5 Å². The molecule has 0 saturated heterocycles. The lowest BCUT2D eigenvalue weighted by Gasteiger charge is -2.28. The van der Waals surface area contributed by atoms with Gasteiger partial charge in [-0.05, 0) is 71.9 Å². The number of nitrogens with zero attached hydrogens (tertiary/aromatic N) is 1. The number of imide groups is 2. The molecule has 0 aromatic heterocycles. The highest BCUT2D eigenvalue weighted by molar-refractivity contribution is 6.35. The van der Waals surface area contributed by atoms with E-state index in [1.807, 2.05) is 18.2 Å². The molecule has 0 radical (unpaired) electrons. The van der Waals surface area contributed by atoms with Gasteiger partial charge in [-0.2, -0.15) is 0 Å². The Bertz CT molecular complexity index is 1880. The van der Waals surface area contributed by atoms with Crippen molar-refractivity contribution in [3.05, 3.63) is 136 Å². The fourth-order valence-electron chi connectivity index (χ4n) is 7.00. The molecular weight excluding hydrogens is 540 g/mol. The normalized spacial score (nSPS) is 22.3. The number of carbonyl (C=O) groups excluding carboxylic acids is 5. The summed E-state index contributed by atoms with van der Waals surface area (Å²) in [5.41, 5.74) is 4.76. The van der Waals surface area contributed by atoms with Crippen LogP contribution in [0.1, 0.15) is 97.0 Å². The lowest BCUT2D eigenvalue weighted by Crippen LogP contribution is -2.29. The highest BCUT2D eigenvalue weighted by atomic mass is 16.2. The molecule has 1 atom stereocenters. The second-order valence-corrected chi connectivity index (χ2v) is 12.0. The lowest BCUT2D eigenvalue weighted by atomic mass is 9.75. The fraction of sp³-hybridized carbons (Fsp3) is 0.194. The number of carbonyl (C=O) groups is 5. The van der Waals surface area contributed by atoms with Gasteiger partial charge in [-0.15, -0.1) is 0 Å². The molecule has 1 fully saturated rings. The van der Waals surface area contributed by atoms with Crippen molar-refractivity contribution >= 4 is 35.1 Å². The van der Waals surface area contributed by atoms with Crippen molar-refractivity contribution in [1.82, 2.24) is 5.32 Å². The molecule has 1 unspecified atom stereocenters. The molecule has 0 spiro atoms. The van der Waals surface area contributed by atoms with Crippen molar-refractivity contribution in [3.63, 3.8) is 0 Å². The predicted molar refractivity (Wildman–Crippen MR) is 163 cm³/mol. The van der Waals surface area contributed by atoms with Crippen LogP contribution in [0.4, 0.5) is 5.69 Å². The second kappa shape index (κ2) is 9.70. The summed E-state index contributed by atoms with van der Waals surface area (Å²) in [6, 6.07) is 16.2. The van der Waals surface area contributed by atoms with Crippen LogP contribution in [-0.4, -0.2) is 29.4 Å². The van der Waals surface area contributed by atoms with E-state index in [2.05, 4.69) is 51.7 Å². The molecule has 214 valence electrons. The van der Waals surface area contributed by atoms with Crippen molar-refractivity contribution in [3.8, 4) is 0 Å². The first-order chi connectivity index (χ1) is 20.4. The number of amides is 4. The van der Waals surface area contributed by atoms with Gasteiger partial charge in [0.2, 0.25) is 0 Å². The van der Waals surface area contributed by atoms with Crippen molar-refractivity contribution in [1.29, 1.82) is 0 Å². The highest BCUT2D eigenvalue weighted by Gasteiger charge is 2.48. The summed E-state index contributed by atoms with van der Waals surface area (Å²) in [5.74, 6) is -2.48. The standard InChI is InChI=1S/C36H30N2O5/c1-6-8-29-28(7-2)35(3,4)19-36(29,5)22-11-13-23(14-12-22)38-33(42)25-16-10-21(18-27(25)34(38)43)30(39)20-9-15-24-26(17-20)32(41)37-31(24)40/h6-18H,1,19H2,2-5H3,(H,37,40,41)/b28-7+,29-8+. The summed E-state index contributed by atoms with van der Waals surface area (Å²) in [4.78, 5) is 65.3. The molecular formula is C36H30N2O5.